The first kappa shape index (κ1) is 19.0. The van der Waals surface area contributed by atoms with Gasteiger partial charge in [-0.15, -0.1) is 11.3 Å². The van der Waals surface area contributed by atoms with E-state index in [9.17, 15) is 9.59 Å². The van der Waals surface area contributed by atoms with Crippen LogP contribution in [-0.2, 0) is 9.53 Å². The number of rotatable bonds is 6. The number of esters is 1. The number of nitrogens with zero attached hydrogens (tertiary/aromatic N) is 4. The minimum atomic E-state index is -0.489. The molecule has 1 amide bonds. The van der Waals surface area contributed by atoms with Crippen LogP contribution in [0.4, 0.5) is 10.9 Å². The SMILES string of the molecule is CCOC(=O)c1csc(NC(=O)C2CN(c3cc(-c4ccccc4)ncn3)C2)n1. The second-order valence-corrected chi connectivity index (χ2v) is 7.34. The van der Waals surface area contributed by atoms with Gasteiger partial charge >= 0.3 is 5.97 Å². The van der Waals surface area contributed by atoms with Gasteiger partial charge in [-0.2, -0.15) is 0 Å². The zero-order chi connectivity index (χ0) is 20.2. The van der Waals surface area contributed by atoms with Crippen LogP contribution >= 0.6 is 11.3 Å². The van der Waals surface area contributed by atoms with Crippen LogP contribution in [0.1, 0.15) is 17.4 Å². The summed E-state index contributed by atoms with van der Waals surface area (Å²) in [7, 11) is 0. The number of ether oxygens (including phenoxy) is 1. The number of anilines is 2. The molecule has 1 aliphatic rings. The lowest BCUT2D eigenvalue weighted by molar-refractivity contribution is -0.120. The summed E-state index contributed by atoms with van der Waals surface area (Å²) < 4.78 is 4.90. The zero-order valence-corrected chi connectivity index (χ0v) is 16.6. The number of hydrogen-bond acceptors (Lipinski definition) is 8. The predicted molar refractivity (Wildman–Crippen MR) is 110 cm³/mol. The van der Waals surface area contributed by atoms with Crippen molar-refractivity contribution >= 4 is 34.2 Å². The van der Waals surface area contributed by atoms with Gasteiger partial charge in [0.1, 0.15) is 12.1 Å². The van der Waals surface area contributed by atoms with Crippen molar-refractivity contribution in [2.24, 2.45) is 5.92 Å². The third-order valence-corrected chi connectivity index (χ3v) is 5.28. The second-order valence-electron chi connectivity index (χ2n) is 6.48. The normalized spacial score (nSPS) is 13.6. The molecule has 8 nitrogen and oxygen atoms in total. The molecule has 3 heterocycles. The molecule has 29 heavy (non-hydrogen) atoms. The van der Waals surface area contributed by atoms with Gasteiger partial charge < -0.3 is 15.0 Å². The van der Waals surface area contributed by atoms with Crippen molar-refractivity contribution in [3.05, 3.63) is 53.8 Å². The molecule has 4 rings (SSSR count). The molecule has 9 heteroatoms. The summed E-state index contributed by atoms with van der Waals surface area (Å²) in [6, 6.07) is 11.8. The molecule has 0 aliphatic carbocycles. The van der Waals surface area contributed by atoms with Crippen molar-refractivity contribution < 1.29 is 14.3 Å². The fourth-order valence-electron chi connectivity index (χ4n) is 2.96. The van der Waals surface area contributed by atoms with Crippen molar-refractivity contribution in [1.82, 2.24) is 15.0 Å². The lowest BCUT2D eigenvalue weighted by Gasteiger charge is -2.38. The summed E-state index contributed by atoms with van der Waals surface area (Å²) in [6.07, 6.45) is 1.54. The molecule has 0 bridgehead atoms. The minimum absolute atomic E-state index is 0.122. The Bertz CT molecular complexity index is 1020. The van der Waals surface area contributed by atoms with Crippen LogP contribution in [0.15, 0.2) is 48.1 Å². The van der Waals surface area contributed by atoms with Crippen LogP contribution in [0.2, 0.25) is 0 Å². The number of amides is 1. The molecule has 3 aromatic rings. The van der Waals surface area contributed by atoms with Crippen LogP contribution in [0, 0.1) is 5.92 Å². The highest BCUT2D eigenvalue weighted by Gasteiger charge is 2.34. The number of hydrogen-bond donors (Lipinski definition) is 1. The maximum absolute atomic E-state index is 12.4. The highest BCUT2D eigenvalue weighted by atomic mass is 32.1. The molecular weight excluding hydrogens is 390 g/mol. The standard InChI is InChI=1S/C20H19N5O3S/c1-2-28-19(27)16-11-29-20(23-16)24-18(26)14-9-25(10-14)17-8-15(21-12-22-17)13-6-4-3-5-7-13/h3-8,11-12,14H,2,9-10H2,1H3,(H,23,24,26). The summed E-state index contributed by atoms with van der Waals surface area (Å²) in [5.41, 5.74) is 2.07. The number of aromatic nitrogens is 3. The summed E-state index contributed by atoms with van der Waals surface area (Å²) >= 11 is 1.20. The topological polar surface area (TPSA) is 97.3 Å². The molecule has 148 valence electrons. The van der Waals surface area contributed by atoms with Gasteiger partial charge in [0.15, 0.2) is 10.8 Å². The molecule has 2 aromatic heterocycles. The highest BCUT2D eigenvalue weighted by molar-refractivity contribution is 7.14. The maximum Gasteiger partial charge on any atom is 0.357 e. The van der Waals surface area contributed by atoms with Crippen LogP contribution in [0.5, 0.6) is 0 Å². The van der Waals surface area contributed by atoms with Gasteiger partial charge in [-0.3, -0.25) is 4.79 Å². The van der Waals surface area contributed by atoms with Gasteiger partial charge in [-0.25, -0.2) is 19.7 Å². The summed E-state index contributed by atoms with van der Waals surface area (Å²) in [5, 5.41) is 4.74. The molecule has 1 fully saturated rings. The molecule has 1 aliphatic heterocycles. The Morgan fingerprint density at radius 2 is 2.03 bits per heavy atom. The highest BCUT2D eigenvalue weighted by Crippen LogP contribution is 2.27. The third kappa shape index (κ3) is 4.24. The Balaban J connectivity index is 1.34. The van der Waals surface area contributed by atoms with E-state index in [-0.39, 0.29) is 24.1 Å². The van der Waals surface area contributed by atoms with Crippen LogP contribution < -0.4 is 10.2 Å². The number of carbonyl (C=O) groups is 2. The van der Waals surface area contributed by atoms with E-state index in [1.54, 1.807) is 12.3 Å². The van der Waals surface area contributed by atoms with E-state index < -0.39 is 5.97 Å². The Hall–Kier alpha value is -3.33. The van der Waals surface area contributed by atoms with Crippen molar-refractivity contribution in [3.63, 3.8) is 0 Å². The van der Waals surface area contributed by atoms with Gasteiger partial charge in [-0.05, 0) is 6.92 Å². The fourth-order valence-corrected chi connectivity index (χ4v) is 3.64. The Morgan fingerprint density at radius 3 is 2.79 bits per heavy atom. The first-order valence-corrected chi connectivity index (χ1v) is 10.1. The lowest BCUT2D eigenvalue weighted by atomic mass is 9.99. The first-order chi connectivity index (χ1) is 14.1. The Kier molecular flexibility index (Phi) is 5.48. The summed E-state index contributed by atoms with van der Waals surface area (Å²) in [6.45, 7) is 3.14. The van der Waals surface area contributed by atoms with Gasteiger partial charge in [-0.1, -0.05) is 30.3 Å². The number of thiazole rings is 1. The predicted octanol–water partition coefficient (Wildman–Crippen LogP) is 2.85. The largest absolute Gasteiger partial charge is 0.461 e. The molecule has 0 saturated carbocycles. The first-order valence-electron chi connectivity index (χ1n) is 9.20. The van der Waals surface area contributed by atoms with Gasteiger partial charge in [0, 0.05) is 30.1 Å². The van der Waals surface area contributed by atoms with Crippen molar-refractivity contribution in [3.8, 4) is 11.3 Å². The van der Waals surface area contributed by atoms with E-state index in [2.05, 4.69) is 20.3 Å². The third-order valence-electron chi connectivity index (χ3n) is 4.52. The smallest absolute Gasteiger partial charge is 0.357 e. The minimum Gasteiger partial charge on any atom is -0.461 e. The average Bonchev–Trinajstić information content (AvgIpc) is 3.16. The number of benzene rings is 1. The fraction of sp³-hybridized carbons (Fsp3) is 0.250. The molecule has 0 spiro atoms. The lowest BCUT2D eigenvalue weighted by Crippen LogP contribution is -2.52. The monoisotopic (exact) mass is 409 g/mol. The number of nitrogens with one attached hydrogen (secondary N) is 1. The van der Waals surface area contributed by atoms with Gasteiger partial charge in [0.25, 0.3) is 0 Å². The molecule has 1 saturated heterocycles. The van der Waals surface area contributed by atoms with Crippen molar-refractivity contribution in [1.29, 1.82) is 0 Å². The van der Waals surface area contributed by atoms with E-state index in [0.29, 0.717) is 18.2 Å². The van der Waals surface area contributed by atoms with E-state index in [1.165, 1.54) is 17.7 Å². The second kappa shape index (κ2) is 8.36. The van der Waals surface area contributed by atoms with Gasteiger partial charge in [0.05, 0.1) is 18.2 Å². The zero-order valence-electron chi connectivity index (χ0n) is 15.7. The van der Waals surface area contributed by atoms with E-state index in [0.717, 1.165) is 17.1 Å². The molecule has 0 atom stereocenters. The summed E-state index contributed by atoms with van der Waals surface area (Å²) in [4.78, 5) is 38.9. The van der Waals surface area contributed by atoms with Crippen LogP contribution in [-0.4, -0.2) is 46.5 Å². The van der Waals surface area contributed by atoms with E-state index >= 15 is 0 Å². The quantitative estimate of drug-likeness (QED) is 0.625. The molecule has 0 unspecified atom stereocenters. The molecule has 1 aromatic carbocycles. The molecule has 0 radical (unpaired) electrons. The van der Waals surface area contributed by atoms with Crippen LogP contribution in [0.3, 0.4) is 0 Å². The maximum atomic E-state index is 12.4. The number of carbonyl (C=O) groups excluding carboxylic acids is 2. The summed E-state index contributed by atoms with van der Waals surface area (Å²) in [5.74, 6) is 0.0160. The Labute approximate surface area is 171 Å². The molecule has 1 N–H and O–H groups in total. The van der Waals surface area contributed by atoms with Crippen molar-refractivity contribution in [2.75, 3.05) is 29.9 Å². The van der Waals surface area contributed by atoms with E-state index in [4.69, 9.17) is 4.74 Å². The average molecular weight is 409 g/mol. The Morgan fingerprint density at radius 1 is 1.24 bits per heavy atom. The van der Waals surface area contributed by atoms with E-state index in [1.807, 2.05) is 41.3 Å². The van der Waals surface area contributed by atoms with Crippen molar-refractivity contribution in [2.45, 2.75) is 6.92 Å². The van der Waals surface area contributed by atoms with Gasteiger partial charge in [0.2, 0.25) is 5.91 Å². The van der Waals surface area contributed by atoms with Crippen LogP contribution in [0.25, 0.3) is 11.3 Å². The molecular formula is C20H19N5O3S.